The first kappa shape index (κ1) is 13.9. The summed E-state index contributed by atoms with van der Waals surface area (Å²) >= 11 is 0. The van der Waals surface area contributed by atoms with E-state index in [1.807, 2.05) is 30.3 Å². The molecule has 2 N–H and O–H groups in total. The van der Waals surface area contributed by atoms with Gasteiger partial charge >= 0.3 is 0 Å². The molecule has 0 saturated heterocycles. The van der Waals surface area contributed by atoms with E-state index in [2.05, 4.69) is 0 Å². The zero-order chi connectivity index (χ0) is 16.1. The monoisotopic (exact) mass is 307 g/mol. The SMILES string of the molecule is O=[N+]([O-])c1c2c(cc3ccccc13)-c1ccccc1C(O)C2O. The highest BCUT2D eigenvalue weighted by Gasteiger charge is 2.37. The van der Waals surface area contributed by atoms with E-state index >= 15 is 0 Å². The highest BCUT2D eigenvalue weighted by atomic mass is 16.6. The number of hydrogen-bond acceptors (Lipinski definition) is 4. The number of hydrogen-bond donors (Lipinski definition) is 2. The van der Waals surface area contributed by atoms with E-state index in [-0.39, 0.29) is 11.3 Å². The van der Waals surface area contributed by atoms with Crippen LogP contribution in [0, 0.1) is 10.1 Å². The fourth-order valence-electron chi connectivity index (χ4n) is 3.39. The first-order valence-corrected chi connectivity index (χ1v) is 7.25. The van der Waals surface area contributed by atoms with Gasteiger partial charge in [-0.15, -0.1) is 0 Å². The van der Waals surface area contributed by atoms with Crippen molar-refractivity contribution in [3.05, 3.63) is 75.8 Å². The molecule has 0 fully saturated rings. The Kier molecular flexibility index (Phi) is 2.94. The lowest BCUT2D eigenvalue weighted by Gasteiger charge is -2.29. The van der Waals surface area contributed by atoms with Gasteiger partial charge in [-0.2, -0.15) is 0 Å². The standard InChI is InChI=1S/C18H13NO4/c20-17-13-8-4-3-7-12(13)14-9-10-5-1-2-6-11(10)16(19(22)23)15(14)18(17)21/h1-9,17-18,20-21H. The van der Waals surface area contributed by atoms with Gasteiger partial charge in [-0.1, -0.05) is 42.5 Å². The molecule has 1 aliphatic rings. The van der Waals surface area contributed by atoms with Crippen LogP contribution < -0.4 is 0 Å². The van der Waals surface area contributed by atoms with Crippen LogP contribution in [0.1, 0.15) is 23.3 Å². The molecule has 0 aromatic heterocycles. The second-order valence-corrected chi connectivity index (χ2v) is 5.64. The first-order valence-electron chi connectivity index (χ1n) is 7.25. The molecule has 5 nitrogen and oxygen atoms in total. The summed E-state index contributed by atoms with van der Waals surface area (Å²) in [6, 6.07) is 16.0. The number of nitrogens with zero attached hydrogens (tertiary/aromatic N) is 1. The highest BCUT2D eigenvalue weighted by Crippen LogP contribution is 2.50. The number of nitro benzene ring substituents is 1. The molecule has 0 bridgehead atoms. The van der Waals surface area contributed by atoms with Crippen LogP contribution >= 0.6 is 0 Å². The van der Waals surface area contributed by atoms with Crippen LogP contribution in [0.25, 0.3) is 21.9 Å². The van der Waals surface area contributed by atoms with Crippen molar-refractivity contribution in [3.63, 3.8) is 0 Å². The van der Waals surface area contributed by atoms with Crippen molar-refractivity contribution in [3.8, 4) is 11.1 Å². The Morgan fingerprint density at radius 1 is 0.913 bits per heavy atom. The molecular formula is C18H13NO4. The summed E-state index contributed by atoms with van der Waals surface area (Å²) in [4.78, 5) is 11.2. The Bertz CT molecular complexity index is 951. The number of fused-ring (bicyclic) bond motifs is 4. The largest absolute Gasteiger partial charge is 0.385 e. The van der Waals surface area contributed by atoms with E-state index in [0.717, 1.165) is 5.39 Å². The Balaban J connectivity index is 2.20. The van der Waals surface area contributed by atoms with Crippen molar-refractivity contribution >= 4 is 16.5 Å². The third kappa shape index (κ3) is 1.87. The van der Waals surface area contributed by atoms with Gasteiger partial charge in [0, 0.05) is 0 Å². The smallest absolute Gasteiger partial charge is 0.283 e. The lowest BCUT2D eigenvalue weighted by atomic mass is 9.80. The molecule has 0 saturated carbocycles. The first-order chi connectivity index (χ1) is 11.1. The van der Waals surface area contributed by atoms with Crippen LogP contribution in [0.15, 0.2) is 54.6 Å². The maximum Gasteiger partial charge on any atom is 0.283 e. The summed E-state index contributed by atoms with van der Waals surface area (Å²) in [6.45, 7) is 0. The second-order valence-electron chi connectivity index (χ2n) is 5.64. The number of aliphatic hydroxyl groups excluding tert-OH is 2. The quantitative estimate of drug-likeness (QED) is 0.532. The Labute approximate surface area is 131 Å². The van der Waals surface area contributed by atoms with Gasteiger partial charge in [-0.25, -0.2) is 0 Å². The third-order valence-corrected chi connectivity index (χ3v) is 4.41. The topological polar surface area (TPSA) is 83.6 Å². The predicted octanol–water partition coefficient (Wildman–Crippen LogP) is 3.50. The van der Waals surface area contributed by atoms with Crippen LogP contribution in [-0.2, 0) is 0 Å². The number of aliphatic hydroxyl groups is 2. The minimum Gasteiger partial charge on any atom is -0.385 e. The Morgan fingerprint density at radius 2 is 1.61 bits per heavy atom. The van der Waals surface area contributed by atoms with Gasteiger partial charge in [0.1, 0.15) is 12.2 Å². The Morgan fingerprint density at radius 3 is 2.39 bits per heavy atom. The van der Waals surface area contributed by atoms with Gasteiger partial charge in [0.15, 0.2) is 0 Å². The second kappa shape index (κ2) is 4.87. The van der Waals surface area contributed by atoms with Crippen molar-refractivity contribution < 1.29 is 15.1 Å². The van der Waals surface area contributed by atoms with Crippen molar-refractivity contribution in [2.45, 2.75) is 12.2 Å². The van der Waals surface area contributed by atoms with Gasteiger partial charge in [-0.3, -0.25) is 10.1 Å². The molecule has 2 unspecified atom stereocenters. The zero-order valence-electron chi connectivity index (χ0n) is 12.0. The molecule has 114 valence electrons. The van der Waals surface area contributed by atoms with Crippen LogP contribution in [0.3, 0.4) is 0 Å². The molecule has 0 spiro atoms. The summed E-state index contributed by atoms with van der Waals surface area (Å²) in [5, 5.41) is 33.8. The summed E-state index contributed by atoms with van der Waals surface area (Å²) in [5.41, 5.74) is 1.94. The van der Waals surface area contributed by atoms with Gasteiger partial charge in [0.25, 0.3) is 5.69 Å². The van der Waals surface area contributed by atoms with E-state index < -0.39 is 17.1 Å². The molecule has 23 heavy (non-hydrogen) atoms. The van der Waals surface area contributed by atoms with E-state index in [1.54, 1.807) is 24.3 Å². The van der Waals surface area contributed by atoms with Crippen LogP contribution in [0.5, 0.6) is 0 Å². The maximum absolute atomic E-state index is 11.7. The average Bonchev–Trinajstić information content (AvgIpc) is 2.57. The molecule has 0 heterocycles. The number of benzene rings is 3. The zero-order valence-corrected chi connectivity index (χ0v) is 12.0. The summed E-state index contributed by atoms with van der Waals surface area (Å²) in [6.07, 6.45) is -2.51. The lowest BCUT2D eigenvalue weighted by molar-refractivity contribution is -0.384. The van der Waals surface area contributed by atoms with E-state index in [1.165, 1.54) is 0 Å². The van der Waals surface area contributed by atoms with Gasteiger partial charge in [-0.05, 0) is 34.2 Å². The molecule has 4 rings (SSSR count). The van der Waals surface area contributed by atoms with Gasteiger partial charge in [0.2, 0.25) is 0 Å². The fraction of sp³-hybridized carbons (Fsp3) is 0.111. The molecular weight excluding hydrogens is 294 g/mol. The van der Waals surface area contributed by atoms with E-state index in [0.29, 0.717) is 22.1 Å². The predicted molar refractivity (Wildman–Crippen MR) is 86.0 cm³/mol. The van der Waals surface area contributed by atoms with Crippen molar-refractivity contribution in [2.24, 2.45) is 0 Å². The summed E-state index contributed by atoms with van der Waals surface area (Å²) in [7, 11) is 0. The van der Waals surface area contributed by atoms with Crippen molar-refractivity contribution in [1.29, 1.82) is 0 Å². The fourth-order valence-corrected chi connectivity index (χ4v) is 3.39. The minimum absolute atomic E-state index is 0.140. The average molecular weight is 307 g/mol. The minimum atomic E-state index is -1.33. The molecule has 5 heteroatoms. The normalized spacial score (nSPS) is 19.2. The van der Waals surface area contributed by atoms with Gasteiger partial charge < -0.3 is 10.2 Å². The molecule has 0 amide bonds. The van der Waals surface area contributed by atoms with Crippen LogP contribution in [-0.4, -0.2) is 15.1 Å². The Hall–Kier alpha value is -2.76. The number of rotatable bonds is 1. The maximum atomic E-state index is 11.7. The number of nitro groups is 1. The van der Waals surface area contributed by atoms with E-state index in [4.69, 9.17) is 0 Å². The van der Waals surface area contributed by atoms with Crippen LogP contribution in [0.2, 0.25) is 0 Å². The summed E-state index contributed by atoms with van der Waals surface area (Å²) in [5.74, 6) is 0. The molecule has 2 atom stereocenters. The molecule has 0 radical (unpaired) electrons. The van der Waals surface area contributed by atoms with Crippen LogP contribution in [0.4, 0.5) is 5.69 Å². The van der Waals surface area contributed by atoms with Gasteiger partial charge in [0.05, 0.1) is 15.9 Å². The summed E-state index contributed by atoms with van der Waals surface area (Å²) < 4.78 is 0. The molecule has 3 aromatic carbocycles. The van der Waals surface area contributed by atoms with E-state index in [9.17, 15) is 20.3 Å². The lowest BCUT2D eigenvalue weighted by Crippen LogP contribution is -2.18. The van der Waals surface area contributed by atoms with Crippen molar-refractivity contribution in [2.75, 3.05) is 0 Å². The molecule has 3 aromatic rings. The third-order valence-electron chi connectivity index (χ3n) is 4.41. The van der Waals surface area contributed by atoms with Crippen molar-refractivity contribution in [1.82, 2.24) is 0 Å². The highest BCUT2D eigenvalue weighted by molar-refractivity contribution is 5.98. The molecule has 0 aliphatic heterocycles. The molecule has 1 aliphatic carbocycles.